The lowest BCUT2D eigenvalue weighted by Crippen LogP contribution is -2.29. The molecule has 0 amide bonds. The summed E-state index contributed by atoms with van der Waals surface area (Å²) in [7, 11) is 0. The first-order valence-electron chi connectivity index (χ1n) is 5.44. The highest BCUT2D eigenvalue weighted by Gasteiger charge is 2.17. The number of ketones is 1. The van der Waals surface area contributed by atoms with Crippen LogP contribution in [0.5, 0.6) is 0 Å². The first-order chi connectivity index (χ1) is 9.00. The number of hydrogen-bond acceptors (Lipinski definition) is 4. The largest absolute Gasteiger partial charge is 0.477 e. The number of hydrogen-bond donors (Lipinski definition) is 1. The summed E-state index contributed by atoms with van der Waals surface area (Å²) in [6, 6.07) is 9.32. The number of rotatable bonds is 3. The number of para-hydroxylation sites is 1. The van der Waals surface area contributed by atoms with Crippen LogP contribution in [0.1, 0.15) is 27.8 Å². The van der Waals surface area contributed by atoms with Gasteiger partial charge in [-0.25, -0.2) is 4.79 Å². The number of carbonyl (C=O) groups is 2. The molecule has 0 aliphatic rings. The number of aromatic carboxylic acids is 1. The fourth-order valence-electron chi connectivity index (χ4n) is 1.56. The van der Waals surface area contributed by atoms with Gasteiger partial charge in [-0.2, -0.15) is 9.78 Å². The molecule has 0 unspecified atom stereocenters. The summed E-state index contributed by atoms with van der Waals surface area (Å²) in [5.74, 6) is -1.80. The second kappa shape index (κ2) is 4.85. The van der Waals surface area contributed by atoms with Crippen molar-refractivity contribution >= 4 is 11.8 Å². The van der Waals surface area contributed by atoms with Gasteiger partial charge in [0, 0.05) is 6.92 Å². The van der Waals surface area contributed by atoms with E-state index in [9.17, 15) is 14.4 Å². The molecule has 0 atom stereocenters. The molecule has 1 N–H and O–H groups in total. The maximum atomic E-state index is 12.0. The Kier molecular flexibility index (Phi) is 3.24. The Balaban J connectivity index is 2.77. The normalized spacial score (nSPS) is 10.2. The zero-order chi connectivity index (χ0) is 14.0. The van der Waals surface area contributed by atoms with Crippen molar-refractivity contribution in [1.29, 1.82) is 0 Å². The molecule has 0 aliphatic carbocycles. The minimum atomic E-state index is -1.39. The molecule has 0 saturated carbocycles. The Labute approximate surface area is 107 Å². The van der Waals surface area contributed by atoms with E-state index in [1.54, 1.807) is 30.3 Å². The molecule has 6 heteroatoms. The third-order valence-electron chi connectivity index (χ3n) is 2.50. The van der Waals surface area contributed by atoms with E-state index >= 15 is 0 Å². The predicted octanol–water partition coefficient (Wildman–Crippen LogP) is 1.13. The van der Waals surface area contributed by atoms with Crippen molar-refractivity contribution < 1.29 is 14.7 Å². The number of carboxylic acids is 1. The second-order valence-corrected chi connectivity index (χ2v) is 3.86. The van der Waals surface area contributed by atoms with Crippen LogP contribution in [0.25, 0.3) is 5.69 Å². The SMILES string of the molecule is CC(=O)c1cc(C(=O)O)c(=O)n(-c2ccccc2)n1. The zero-order valence-electron chi connectivity index (χ0n) is 10.0. The number of carboxylic acid groups (broad SMARTS) is 1. The molecule has 1 aromatic heterocycles. The zero-order valence-corrected chi connectivity index (χ0v) is 10.0. The topological polar surface area (TPSA) is 89.3 Å². The van der Waals surface area contributed by atoms with E-state index in [-0.39, 0.29) is 5.69 Å². The molecule has 0 saturated heterocycles. The van der Waals surface area contributed by atoms with Gasteiger partial charge in [0.25, 0.3) is 5.56 Å². The molecule has 0 radical (unpaired) electrons. The van der Waals surface area contributed by atoms with Gasteiger partial charge in [0.1, 0.15) is 11.3 Å². The molecule has 0 aliphatic heterocycles. The third-order valence-corrected chi connectivity index (χ3v) is 2.50. The molecule has 1 aromatic carbocycles. The molecule has 19 heavy (non-hydrogen) atoms. The van der Waals surface area contributed by atoms with E-state index in [4.69, 9.17) is 5.11 Å². The fourth-order valence-corrected chi connectivity index (χ4v) is 1.56. The first kappa shape index (κ1) is 12.7. The highest BCUT2D eigenvalue weighted by atomic mass is 16.4. The summed E-state index contributed by atoms with van der Waals surface area (Å²) in [5, 5.41) is 12.9. The fraction of sp³-hybridized carbons (Fsp3) is 0.0769. The average molecular weight is 258 g/mol. The van der Waals surface area contributed by atoms with Crippen molar-refractivity contribution in [3.05, 3.63) is 58.0 Å². The molecule has 1 heterocycles. The molecule has 2 aromatic rings. The number of carbonyl (C=O) groups excluding carboxylic acids is 1. The van der Waals surface area contributed by atoms with Crippen LogP contribution in [0.15, 0.2) is 41.2 Å². The van der Waals surface area contributed by atoms with Crippen LogP contribution < -0.4 is 5.56 Å². The number of benzene rings is 1. The van der Waals surface area contributed by atoms with Crippen LogP contribution in [-0.2, 0) is 0 Å². The standard InChI is InChI=1S/C13H10N2O4/c1-8(16)11-7-10(13(18)19)12(17)15(14-11)9-5-3-2-4-6-9/h2-7H,1H3,(H,18,19). The van der Waals surface area contributed by atoms with Crippen LogP contribution >= 0.6 is 0 Å². The van der Waals surface area contributed by atoms with Gasteiger partial charge in [0.2, 0.25) is 0 Å². The number of aromatic nitrogens is 2. The maximum absolute atomic E-state index is 12.0. The van der Waals surface area contributed by atoms with Gasteiger partial charge < -0.3 is 5.11 Å². The number of nitrogens with zero attached hydrogens (tertiary/aromatic N) is 2. The van der Waals surface area contributed by atoms with Gasteiger partial charge >= 0.3 is 5.97 Å². The summed E-state index contributed by atoms with van der Waals surface area (Å²) in [6.45, 7) is 1.26. The van der Waals surface area contributed by atoms with Crippen molar-refractivity contribution in [1.82, 2.24) is 9.78 Å². The summed E-state index contributed by atoms with van der Waals surface area (Å²) in [5.41, 5.74) is -0.924. The molecule has 2 rings (SSSR count). The van der Waals surface area contributed by atoms with E-state index < -0.39 is 22.9 Å². The lowest BCUT2D eigenvalue weighted by molar-refractivity contribution is 0.0694. The highest BCUT2D eigenvalue weighted by molar-refractivity contribution is 5.95. The van der Waals surface area contributed by atoms with E-state index in [1.165, 1.54) is 6.92 Å². The second-order valence-electron chi connectivity index (χ2n) is 3.86. The lowest BCUT2D eigenvalue weighted by atomic mass is 10.2. The van der Waals surface area contributed by atoms with Crippen LogP contribution in [-0.4, -0.2) is 26.6 Å². The highest BCUT2D eigenvalue weighted by Crippen LogP contribution is 2.05. The van der Waals surface area contributed by atoms with Crippen molar-refractivity contribution in [3.63, 3.8) is 0 Å². The van der Waals surface area contributed by atoms with Gasteiger partial charge in [-0.3, -0.25) is 9.59 Å². The molecule has 6 nitrogen and oxygen atoms in total. The lowest BCUT2D eigenvalue weighted by Gasteiger charge is -2.07. The van der Waals surface area contributed by atoms with Gasteiger partial charge in [0.15, 0.2) is 5.78 Å². The van der Waals surface area contributed by atoms with Crippen LogP contribution in [0.3, 0.4) is 0 Å². The molecule has 0 bridgehead atoms. The average Bonchev–Trinajstić information content (AvgIpc) is 2.39. The summed E-state index contributed by atoms with van der Waals surface area (Å²) < 4.78 is 0.917. The molecular weight excluding hydrogens is 248 g/mol. The molecule has 0 fully saturated rings. The summed E-state index contributed by atoms with van der Waals surface area (Å²) in [6.07, 6.45) is 0. The minimum Gasteiger partial charge on any atom is -0.477 e. The van der Waals surface area contributed by atoms with Gasteiger partial charge in [-0.15, -0.1) is 0 Å². The van der Waals surface area contributed by atoms with Gasteiger partial charge in [0.05, 0.1) is 5.69 Å². The van der Waals surface area contributed by atoms with E-state index in [0.29, 0.717) is 5.69 Å². The van der Waals surface area contributed by atoms with Crippen LogP contribution in [0, 0.1) is 0 Å². The van der Waals surface area contributed by atoms with E-state index in [2.05, 4.69) is 5.10 Å². The Morgan fingerprint density at radius 2 is 1.84 bits per heavy atom. The Morgan fingerprint density at radius 1 is 1.21 bits per heavy atom. The Bertz CT molecular complexity index is 704. The first-order valence-corrected chi connectivity index (χ1v) is 5.44. The molecule has 96 valence electrons. The van der Waals surface area contributed by atoms with Crippen LogP contribution in [0.4, 0.5) is 0 Å². The predicted molar refractivity (Wildman–Crippen MR) is 66.8 cm³/mol. The van der Waals surface area contributed by atoms with Crippen LogP contribution in [0.2, 0.25) is 0 Å². The van der Waals surface area contributed by atoms with Gasteiger partial charge in [-0.05, 0) is 18.2 Å². The Hall–Kier alpha value is -2.76. The van der Waals surface area contributed by atoms with Crippen molar-refractivity contribution in [2.75, 3.05) is 0 Å². The minimum absolute atomic E-state index is 0.0687. The molecule has 0 spiro atoms. The van der Waals surface area contributed by atoms with Crippen molar-refractivity contribution in [2.45, 2.75) is 6.92 Å². The van der Waals surface area contributed by atoms with E-state index in [1.807, 2.05) is 0 Å². The summed E-state index contributed by atoms with van der Waals surface area (Å²) in [4.78, 5) is 34.4. The number of Topliss-reactive ketones (excluding diaryl/α,β-unsaturated/α-hetero) is 1. The third kappa shape index (κ3) is 2.42. The Morgan fingerprint density at radius 3 is 2.37 bits per heavy atom. The monoisotopic (exact) mass is 258 g/mol. The van der Waals surface area contributed by atoms with E-state index in [0.717, 1.165) is 10.7 Å². The maximum Gasteiger partial charge on any atom is 0.341 e. The quantitative estimate of drug-likeness (QED) is 0.833. The van der Waals surface area contributed by atoms with Crippen molar-refractivity contribution in [2.24, 2.45) is 0 Å². The van der Waals surface area contributed by atoms with Crippen molar-refractivity contribution in [3.8, 4) is 5.69 Å². The van der Waals surface area contributed by atoms with Gasteiger partial charge in [-0.1, -0.05) is 18.2 Å². The summed E-state index contributed by atoms with van der Waals surface area (Å²) >= 11 is 0. The smallest absolute Gasteiger partial charge is 0.341 e. The molecular formula is C13H10N2O4.